The van der Waals surface area contributed by atoms with Crippen LogP contribution in [0.25, 0.3) is 0 Å². The van der Waals surface area contributed by atoms with Gasteiger partial charge in [-0.05, 0) is 36.6 Å². The van der Waals surface area contributed by atoms with Crippen LogP contribution in [0.3, 0.4) is 0 Å². The van der Waals surface area contributed by atoms with E-state index < -0.39 is 0 Å². The minimum absolute atomic E-state index is 0.116. The number of methoxy groups -OCH3 is 1. The lowest BCUT2D eigenvalue weighted by Gasteiger charge is -2.31. The molecule has 1 atom stereocenters. The van der Waals surface area contributed by atoms with E-state index >= 15 is 0 Å². The number of benzene rings is 2. The van der Waals surface area contributed by atoms with Gasteiger partial charge in [0.05, 0.1) is 12.8 Å². The van der Waals surface area contributed by atoms with Crippen LogP contribution in [0.5, 0.6) is 5.75 Å². The first-order valence-electron chi connectivity index (χ1n) is 7.94. The van der Waals surface area contributed by atoms with Crippen LogP contribution < -0.4 is 10.1 Å². The fourth-order valence-corrected chi connectivity index (χ4v) is 3.02. The Balaban J connectivity index is 1.69. The molecule has 1 amide bonds. The summed E-state index contributed by atoms with van der Waals surface area (Å²) in [5.74, 6) is 0.863. The number of carbonyl (C=O) groups excluding carboxylic acids is 1. The van der Waals surface area contributed by atoms with Crippen LogP contribution in [0.2, 0.25) is 0 Å². The van der Waals surface area contributed by atoms with Gasteiger partial charge in [0.25, 0.3) is 0 Å². The van der Waals surface area contributed by atoms with Crippen molar-refractivity contribution in [1.29, 1.82) is 0 Å². The number of nitrogens with zero attached hydrogens (tertiary/aromatic N) is 1. The lowest BCUT2D eigenvalue weighted by molar-refractivity contribution is -0.132. The van der Waals surface area contributed by atoms with E-state index in [1.807, 2.05) is 42.2 Å². The van der Waals surface area contributed by atoms with E-state index in [0.29, 0.717) is 6.54 Å². The molecule has 2 aromatic carbocycles. The monoisotopic (exact) mass is 310 g/mol. The highest BCUT2D eigenvalue weighted by Crippen LogP contribution is 2.25. The Morgan fingerprint density at radius 2 is 1.83 bits per heavy atom. The van der Waals surface area contributed by atoms with Gasteiger partial charge in [-0.3, -0.25) is 4.79 Å². The van der Waals surface area contributed by atoms with E-state index in [1.54, 1.807) is 7.11 Å². The lowest BCUT2D eigenvalue weighted by Crippen LogP contribution is -2.43. The summed E-state index contributed by atoms with van der Waals surface area (Å²) in [6.45, 7) is 3.36. The van der Waals surface area contributed by atoms with Crippen LogP contribution in [-0.2, 0) is 17.8 Å². The quantitative estimate of drug-likeness (QED) is 0.943. The molecule has 0 saturated heterocycles. The van der Waals surface area contributed by atoms with E-state index in [4.69, 9.17) is 4.74 Å². The smallest absolute Gasteiger partial charge is 0.245 e. The van der Waals surface area contributed by atoms with Gasteiger partial charge in [-0.2, -0.15) is 0 Å². The van der Waals surface area contributed by atoms with Gasteiger partial charge < -0.3 is 15.0 Å². The van der Waals surface area contributed by atoms with Crippen molar-refractivity contribution in [2.45, 2.75) is 25.9 Å². The Morgan fingerprint density at radius 3 is 2.61 bits per heavy atom. The molecule has 0 bridgehead atoms. The molecule has 1 heterocycles. The number of para-hydroxylation sites is 2. The fraction of sp³-hybridized carbons (Fsp3) is 0.316. The molecule has 0 aromatic heterocycles. The normalized spacial score (nSPS) is 14.8. The van der Waals surface area contributed by atoms with Crippen LogP contribution in [0, 0.1) is 0 Å². The average molecular weight is 310 g/mol. The van der Waals surface area contributed by atoms with E-state index in [9.17, 15) is 4.79 Å². The van der Waals surface area contributed by atoms with Gasteiger partial charge in [-0.1, -0.05) is 36.4 Å². The number of anilines is 1. The Morgan fingerprint density at radius 1 is 1.13 bits per heavy atom. The second kappa shape index (κ2) is 6.73. The summed E-state index contributed by atoms with van der Waals surface area (Å²) in [5, 5.41) is 3.27. The summed E-state index contributed by atoms with van der Waals surface area (Å²) < 4.78 is 5.33. The Bertz CT molecular complexity index is 699. The van der Waals surface area contributed by atoms with Crippen molar-refractivity contribution in [1.82, 2.24) is 4.90 Å². The standard InChI is InChI=1S/C19H22N2O2/c1-14(20-17-9-5-6-10-18(17)23-2)19(22)21-12-11-15-7-3-4-8-16(15)13-21/h3-10,14,20H,11-13H2,1-2H3. The molecule has 1 aliphatic rings. The molecule has 120 valence electrons. The molecular formula is C19H22N2O2. The predicted octanol–water partition coefficient (Wildman–Crippen LogP) is 3.08. The zero-order chi connectivity index (χ0) is 16.2. The molecule has 0 aliphatic carbocycles. The number of fused-ring (bicyclic) bond motifs is 1. The number of carbonyl (C=O) groups is 1. The van der Waals surface area contributed by atoms with Crippen LogP contribution in [-0.4, -0.2) is 30.5 Å². The molecule has 1 unspecified atom stereocenters. The van der Waals surface area contributed by atoms with Crippen LogP contribution in [0.15, 0.2) is 48.5 Å². The van der Waals surface area contributed by atoms with Crippen LogP contribution >= 0.6 is 0 Å². The highest BCUT2D eigenvalue weighted by atomic mass is 16.5. The maximum atomic E-state index is 12.7. The number of amides is 1. The van der Waals surface area contributed by atoms with Crippen LogP contribution in [0.4, 0.5) is 5.69 Å². The lowest BCUT2D eigenvalue weighted by atomic mass is 9.99. The Hall–Kier alpha value is -2.49. The minimum atomic E-state index is -0.295. The zero-order valence-corrected chi connectivity index (χ0v) is 13.6. The summed E-state index contributed by atoms with van der Waals surface area (Å²) >= 11 is 0. The van der Waals surface area contributed by atoms with Crippen LogP contribution in [0.1, 0.15) is 18.1 Å². The van der Waals surface area contributed by atoms with Crippen molar-refractivity contribution < 1.29 is 9.53 Å². The van der Waals surface area contributed by atoms with Gasteiger partial charge in [0.1, 0.15) is 11.8 Å². The van der Waals surface area contributed by atoms with E-state index in [1.165, 1.54) is 11.1 Å². The van der Waals surface area contributed by atoms with Crippen molar-refractivity contribution in [3.63, 3.8) is 0 Å². The van der Waals surface area contributed by atoms with E-state index in [2.05, 4.69) is 23.5 Å². The molecule has 1 aliphatic heterocycles. The summed E-state index contributed by atoms with van der Waals surface area (Å²) in [4.78, 5) is 14.7. The first kappa shape index (κ1) is 15.4. The maximum absolute atomic E-state index is 12.7. The van der Waals surface area contributed by atoms with E-state index in [-0.39, 0.29) is 11.9 Å². The summed E-state index contributed by atoms with van der Waals surface area (Å²) in [7, 11) is 1.63. The van der Waals surface area contributed by atoms with Crippen molar-refractivity contribution in [3.8, 4) is 5.75 Å². The van der Waals surface area contributed by atoms with Gasteiger partial charge >= 0.3 is 0 Å². The molecule has 3 rings (SSSR count). The number of nitrogens with one attached hydrogen (secondary N) is 1. The van der Waals surface area contributed by atoms with Gasteiger partial charge in [0.15, 0.2) is 0 Å². The van der Waals surface area contributed by atoms with E-state index in [0.717, 1.165) is 24.4 Å². The summed E-state index contributed by atoms with van der Waals surface area (Å²) in [6, 6.07) is 15.7. The largest absolute Gasteiger partial charge is 0.495 e. The Labute approximate surface area is 137 Å². The topological polar surface area (TPSA) is 41.6 Å². The zero-order valence-electron chi connectivity index (χ0n) is 13.6. The van der Waals surface area contributed by atoms with Gasteiger partial charge in [0, 0.05) is 13.1 Å². The summed E-state index contributed by atoms with van der Waals surface area (Å²) in [5.41, 5.74) is 3.44. The molecule has 0 radical (unpaired) electrons. The molecule has 0 fully saturated rings. The number of hydrogen-bond donors (Lipinski definition) is 1. The minimum Gasteiger partial charge on any atom is -0.495 e. The van der Waals surface area contributed by atoms with Gasteiger partial charge in [0.2, 0.25) is 5.91 Å². The van der Waals surface area contributed by atoms with Crippen molar-refractivity contribution in [2.24, 2.45) is 0 Å². The molecule has 1 N–H and O–H groups in total. The molecule has 0 spiro atoms. The first-order chi connectivity index (χ1) is 11.2. The number of rotatable bonds is 4. The second-order valence-electron chi connectivity index (χ2n) is 5.84. The molecule has 23 heavy (non-hydrogen) atoms. The number of hydrogen-bond acceptors (Lipinski definition) is 3. The average Bonchev–Trinajstić information content (AvgIpc) is 2.61. The van der Waals surface area contributed by atoms with Gasteiger partial charge in [-0.25, -0.2) is 0 Å². The third-order valence-electron chi connectivity index (χ3n) is 4.29. The number of ether oxygens (including phenoxy) is 1. The van der Waals surface area contributed by atoms with Crippen molar-refractivity contribution >= 4 is 11.6 Å². The fourth-order valence-electron chi connectivity index (χ4n) is 3.02. The summed E-state index contributed by atoms with van der Waals surface area (Å²) in [6.07, 6.45) is 0.920. The first-order valence-corrected chi connectivity index (χ1v) is 7.94. The molecule has 4 heteroatoms. The predicted molar refractivity (Wildman–Crippen MR) is 91.6 cm³/mol. The third kappa shape index (κ3) is 3.31. The Kier molecular flexibility index (Phi) is 4.51. The molecule has 2 aromatic rings. The molecular weight excluding hydrogens is 288 g/mol. The highest BCUT2D eigenvalue weighted by molar-refractivity contribution is 5.85. The second-order valence-corrected chi connectivity index (χ2v) is 5.84. The molecule has 4 nitrogen and oxygen atoms in total. The highest BCUT2D eigenvalue weighted by Gasteiger charge is 2.24. The third-order valence-corrected chi connectivity index (χ3v) is 4.29. The maximum Gasteiger partial charge on any atom is 0.245 e. The SMILES string of the molecule is COc1ccccc1NC(C)C(=O)N1CCc2ccccc2C1. The molecule has 0 saturated carbocycles. The van der Waals surface area contributed by atoms with Crippen molar-refractivity contribution in [3.05, 3.63) is 59.7 Å². The van der Waals surface area contributed by atoms with Gasteiger partial charge in [-0.15, -0.1) is 0 Å². The van der Waals surface area contributed by atoms with Crippen molar-refractivity contribution in [2.75, 3.05) is 19.0 Å².